The van der Waals surface area contributed by atoms with Crippen LogP contribution in [0.25, 0.3) is 0 Å². The van der Waals surface area contributed by atoms with Gasteiger partial charge in [0.15, 0.2) is 0 Å². The van der Waals surface area contributed by atoms with Gasteiger partial charge in [-0.15, -0.1) is 0 Å². The Kier molecular flexibility index (Phi) is 13.7. The second kappa shape index (κ2) is 14.2. The second-order valence-corrected chi connectivity index (χ2v) is 5.52. The minimum atomic E-state index is -1.13. The molecule has 1 rings (SSSR count). The van der Waals surface area contributed by atoms with Gasteiger partial charge in [0.25, 0.3) is 0 Å². The molecule has 1 unspecified atom stereocenters. The molecule has 0 saturated carbocycles. The van der Waals surface area contributed by atoms with E-state index < -0.39 is 7.12 Å². The summed E-state index contributed by atoms with van der Waals surface area (Å²) < 4.78 is 0. The molecule has 0 amide bonds. The van der Waals surface area contributed by atoms with Gasteiger partial charge < -0.3 is 20.3 Å². The first kappa shape index (κ1) is 20.3. The summed E-state index contributed by atoms with van der Waals surface area (Å²) in [7, 11) is 0.898. The minimum Gasteiger partial charge on any atom is -0.427 e. The summed E-state index contributed by atoms with van der Waals surface area (Å²) >= 11 is 0. The molecule has 0 spiro atoms. The number of nitrogens with zero attached hydrogens (tertiary/aromatic N) is 1. The van der Waals surface area contributed by atoms with Gasteiger partial charge in [-0.2, -0.15) is 9.59 Å². The zero-order valence-corrected chi connectivity index (χ0v) is 13.1. The predicted molar refractivity (Wildman–Crippen MR) is 81.6 cm³/mol. The molecule has 0 aromatic carbocycles. The summed E-state index contributed by atoms with van der Waals surface area (Å²) in [4.78, 5) is 18.8. The number of hydrogen-bond donors (Lipinski definition) is 3. The van der Waals surface area contributed by atoms with Crippen LogP contribution in [0.15, 0.2) is 0 Å². The Morgan fingerprint density at radius 1 is 1.14 bits per heavy atom. The van der Waals surface area contributed by atoms with Crippen molar-refractivity contribution in [1.29, 1.82) is 0 Å². The third-order valence-electron chi connectivity index (χ3n) is 3.90. The van der Waals surface area contributed by atoms with Crippen molar-refractivity contribution < 1.29 is 19.6 Å². The van der Waals surface area contributed by atoms with Crippen LogP contribution in [0.5, 0.6) is 0 Å². The topological polar surface area (TPSA) is 89.9 Å². The first-order valence-electron chi connectivity index (χ1n) is 7.89. The van der Waals surface area contributed by atoms with E-state index in [4.69, 9.17) is 19.6 Å². The average Bonchev–Trinajstić information content (AvgIpc) is 2.95. The van der Waals surface area contributed by atoms with Crippen LogP contribution in [-0.4, -0.2) is 60.9 Å². The van der Waals surface area contributed by atoms with E-state index in [1.165, 1.54) is 45.3 Å². The fourth-order valence-electron chi connectivity index (χ4n) is 2.72. The quantitative estimate of drug-likeness (QED) is 0.402. The summed E-state index contributed by atoms with van der Waals surface area (Å²) in [5.74, 6) is 0. The molecule has 1 heterocycles. The first-order valence-corrected chi connectivity index (χ1v) is 7.89. The Hall–Kier alpha value is -0.715. The van der Waals surface area contributed by atoms with Crippen LogP contribution in [0.1, 0.15) is 44.9 Å². The number of unbranched alkanes of at least 4 members (excludes halogenated alkanes) is 1. The number of likely N-dealkylation sites (tertiary alicyclic amines) is 1. The monoisotopic (exact) mass is 300 g/mol. The van der Waals surface area contributed by atoms with Crippen LogP contribution in [-0.2, 0) is 9.59 Å². The molecule has 0 bridgehead atoms. The van der Waals surface area contributed by atoms with Gasteiger partial charge in [0, 0.05) is 6.04 Å². The summed E-state index contributed by atoms with van der Waals surface area (Å²) in [6.45, 7) is 3.82. The van der Waals surface area contributed by atoms with Crippen LogP contribution < -0.4 is 5.32 Å². The lowest BCUT2D eigenvalue weighted by atomic mass is 9.83. The van der Waals surface area contributed by atoms with E-state index in [0.717, 1.165) is 19.3 Å². The Morgan fingerprint density at radius 2 is 1.71 bits per heavy atom. The highest BCUT2D eigenvalue weighted by Gasteiger charge is 2.12. The van der Waals surface area contributed by atoms with Crippen molar-refractivity contribution in [1.82, 2.24) is 10.2 Å². The number of nitrogens with one attached hydrogen (secondary N) is 1. The maximum absolute atomic E-state index is 8.77. The van der Waals surface area contributed by atoms with Gasteiger partial charge >= 0.3 is 13.3 Å². The van der Waals surface area contributed by atoms with Crippen LogP contribution >= 0.6 is 0 Å². The molecule has 1 fully saturated rings. The Bertz CT molecular complexity index is 268. The van der Waals surface area contributed by atoms with E-state index >= 15 is 0 Å². The second-order valence-electron chi connectivity index (χ2n) is 5.52. The van der Waals surface area contributed by atoms with Crippen molar-refractivity contribution in [3.63, 3.8) is 0 Å². The normalized spacial score (nSPS) is 16.0. The molecular weight excluding hydrogens is 271 g/mol. The Balaban J connectivity index is 0.00000122. The molecule has 7 heteroatoms. The van der Waals surface area contributed by atoms with E-state index in [9.17, 15) is 0 Å². The van der Waals surface area contributed by atoms with Gasteiger partial charge in [0.1, 0.15) is 0 Å². The lowest BCUT2D eigenvalue weighted by Gasteiger charge is -2.19. The molecule has 1 atom stereocenters. The lowest BCUT2D eigenvalue weighted by Crippen LogP contribution is -2.27. The highest BCUT2D eigenvalue weighted by atomic mass is 16.4. The van der Waals surface area contributed by atoms with Gasteiger partial charge in [0.05, 0.1) is 0 Å². The molecule has 1 aliphatic rings. The molecule has 0 radical (unpaired) electrons. The molecule has 0 aliphatic carbocycles. The van der Waals surface area contributed by atoms with Gasteiger partial charge in [-0.3, -0.25) is 0 Å². The predicted octanol–water partition coefficient (Wildman–Crippen LogP) is 0.510. The number of hydrogen-bond acceptors (Lipinski definition) is 6. The van der Waals surface area contributed by atoms with Crippen molar-refractivity contribution in [2.45, 2.75) is 57.3 Å². The van der Waals surface area contributed by atoms with E-state index in [1.54, 1.807) is 0 Å². The zero-order chi connectivity index (χ0) is 15.9. The molecule has 6 nitrogen and oxygen atoms in total. The molecule has 0 aromatic heterocycles. The molecule has 0 aromatic rings. The van der Waals surface area contributed by atoms with Gasteiger partial charge in [0.2, 0.25) is 0 Å². The maximum Gasteiger partial charge on any atom is 0.451 e. The third kappa shape index (κ3) is 12.7. The van der Waals surface area contributed by atoms with E-state index in [-0.39, 0.29) is 6.15 Å². The van der Waals surface area contributed by atoms with Crippen molar-refractivity contribution in [2.24, 2.45) is 0 Å². The van der Waals surface area contributed by atoms with Gasteiger partial charge in [-0.25, -0.2) is 0 Å². The molecule has 21 heavy (non-hydrogen) atoms. The fourth-order valence-corrected chi connectivity index (χ4v) is 2.72. The van der Waals surface area contributed by atoms with Crippen molar-refractivity contribution in [3.05, 3.63) is 0 Å². The first-order chi connectivity index (χ1) is 10.1. The Morgan fingerprint density at radius 3 is 2.24 bits per heavy atom. The van der Waals surface area contributed by atoms with Crippen LogP contribution in [0, 0.1) is 0 Å². The molecule has 3 N–H and O–H groups in total. The highest BCUT2D eigenvalue weighted by Crippen LogP contribution is 2.12. The number of carbonyl (C=O) groups excluding carboxylic acids is 2. The zero-order valence-electron chi connectivity index (χ0n) is 13.1. The lowest BCUT2D eigenvalue weighted by molar-refractivity contribution is -0.191. The number of rotatable bonds is 10. The summed E-state index contributed by atoms with van der Waals surface area (Å²) in [6.07, 6.45) is 9.13. The van der Waals surface area contributed by atoms with Crippen LogP contribution in [0.3, 0.4) is 0 Å². The van der Waals surface area contributed by atoms with E-state index in [0.29, 0.717) is 12.4 Å². The summed E-state index contributed by atoms with van der Waals surface area (Å²) in [5.41, 5.74) is 0. The standard InChI is InChI=1S/C13H29BN2O2.CO2/c1-15-13(7-2-3-9-14(17)18)8-6-12-16-10-4-5-11-16;2-1-3/h13,15,17-18H,2-12H2,1H3;. The fraction of sp³-hybridized carbons (Fsp3) is 0.929. The highest BCUT2D eigenvalue weighted by molar-refractivity contribution is 6.40. The summed E-state index contributed by atoms with van der Waals surface area (Å²) in [6, 6.07) is 0.587. The summed E-state index contributed by atoms with van der Waals surface area (Å²) in [5, 5.41) is 20.9. The maximum atomic E-state index is 8.77. The third-order valence-corrected chi connectivity index (χ3v) is 3.90. The molecule has 122 valence electrons. The van der Waals surface area contributed by atoms with Crippen molar-refractivity contribution in [3.8, 4) is 0 Å². The average molecular weight is 300 g/mol. The van der Waals surface area contributed by atoms with Crippen LogP contribution in [0.4, 0.5) is 0 Å². The Labute approximate surface area is 128 Å². The smallest absolute Gasteiger partial charge is 0.427 e. The molecular formula is C14H29BN2O4. The van der Waals surface area contributed by atoms with E-state index in [1.807, 2.05) is 7.05 Å². The van der Waals surface area contributed by atoms with Gasteiger partial charge in [-0.1, -0.05) is 12.8 Å². The SMILES string of the molecule is CNC(CCCCB(O)O)CCCN1CCCC1.O=C=O. The van der Waals surface area contributed by atoms with Gasteiger partial charge in [-0.05, 0) is 65.1 Å². The minimum absolute atomic E-state index is 0.250. The molecule has 1 aliphatic heterocycles. The molecule has 1 saturated heterocycles. The van der Waals surface area contributed by atoms with Crippen molar-refractivity contribution in [2.75, 3.05) is 26.7 Å². The largest absolute Gasteiger partial charge is 0.451 e. The van der Waals surface area contributed by atoms with Crippen molar-refractivity contribution >= 4 is 13.3 Å². The van der Waals surface area contributed by atoms with Crippen LogP contribution in [0.2, 0.25) is 6.32 Å². The van der Waals surface area contributed by atoms with E-state index in [2.05, 4.69) is 10.2 Å².